The molecule has 170 valence electrons. The molecule has 6 heteroatoms. The predicted molar refractivity (Wildman–Crippen MR) is 130 cm³/mol. The van der Waals surface area contributed by atoms with E-state index in [1.54, 1.807) is 0 Å². The Balaban J connectivity index is 1.96. The quantitative estimate of drug-likeness (QED) is 0.544. The second kappa shape index (κ2) is 10.4. The molecule has 0 fully saturated rings. The molecule has 2 aromatic rings. The van der Waals surface area contributed by atoms with Gasteiger partial charge in [0, 0.05) is 31.0 Å². The first-order chi connectivity index (χ1) is 15.4. The summed E-state index contributed by atoms with van der Waals surface area (Å²) in [5.41, 5.74) is 3.30. The molecule has 6 nitrogen and oxygen atoms in total. The molecule has 2 aromatic carbocycles. The summed E-state index contributed by atoms with van der Waals surface area (Å²) in [7, 11) is 0. The van der Waals surface area contributed by atoms with Crippen molar-refractivity contribution in [2.24, 2.45) is 5.92 Å². The number of nitrogens with zero attached hydrogens (tertiary/aromatic N) is 2. The first-order valence-corrected chi connectivity index (χ1v) is 11.3. The van der Waals surface area contributed by atoms with Crippen LogP contribution < -0.4 is 15.0 Å². The number of hydrogen-bond acceptors (Lipinski definition) is 5. The summed E-state index contributed by atoms with van der Waals surface area (Å²) in [5, 5.41) is 3.23. The Bertz CT molecular complexity index is 974. The standard InChI is InChI=1S/C26H33N3O3/c1-6-28(7-2)21-13-11-20(12-14-21)27-24-23(19-9-15-22(16-10-19)32-8-3)25(30)29(26(24)31)17-18(4)5/h9-16,18,27H,6-8,17H2,1-5H3. The van der Waals surface area contributed by atoms with Gasteiger partial charge in [-0.1, -0.05) is 26.0 Å². The molecule has 0 atom stereocenters. The lowest BCUT2D eigenvalue weighted by Gasteiger charge is -2.21. The fourth-order valence-corrected chi connectivity index (χ4v) is 3.86. The number of amides is 2. The maximum Gasteiger partial charge on any atom is 0.278 e. The van der Waals surface area contributed by atoms with Gasteiger partial charge in [-0.3, -0.25) is 14.5 Å². The van der Waals surface area contributed by atoms with Crippen LogP contribution in [0.2, 0.25) is 0 Å². The van der Waals surface area contributed by atoms with Crippen molar-refractivity contribution < 1.29 is 14.3 Å². The van der Waals surface area contributed by atoms with Crippen molar-refractivity contribution in [1.82, 2.24) is 4.90 Å². The van der Waals surface area contributed by atoms with Crippen LogP contribution in [0.5, 0.6) is 5.75 Å². The van der Waals surface area contributed by atoms with Crippen LogP contribution in [0.15, 0.2) is 54.2 Å². The van der Waals surface area contributed by atoms with Gasteiger partial charge in [0.1, 0.15) is 11.4 Å². The Hall–Kier alpha value is -3.28. The lowest BCUT2D eigenvalue weighted by molar-refractivity contribution is -0.137. The largest absolute Gasteiger partial charge is 0.494 e. The molecule has 3 rings (SSSR count). The van der Waals surface area contributed by atoms with Crippen molar-refractivity contribution in [3.8, 4) is 5.75 Å². The van der Waals surface area contributed by atoms with Gasteiger partial charge >= 0.3 is 0 Å². The zero-order valence-corrected chi connectivity index (χ0v) is 19.6. The Kier molecular flexibility index (Phi) is 7.57. The van der Waals surface area contributed by atoms with Gasteiger partial charge < -0.3 is 15.0 Å². The lowest BCUT2D eigenvalue weighted by Crippen LogP contribution is -2.35. The second-order valence-electron chi connectivity index (χ2n) is 8.17. The van der Waals surface area contributed by atoms with Gasteiger partial charge in [-0.2, -0.15) is 0 Å². The smallest absolute Gasteiger partial charge is 0.278 e. The molecule has 1 N–H and O–H groups in total. The van der Waals surface area contributed by atoms with Crippen LogP contribution in [-0.4, -0.2) is 43.0 Å². The van der Waals surface area contributed by atoms with E-state index in [0.717, 1.165) is 30.2 Å². The number of nitrogens with one attached hydrogen (secondary N) is 1. The maximum absolute atomic E-state index is 13.3. The monoisotopic (exact) mass is 435 g/mol. The summed E-state index contributed by atoms with van der Waals surface area (Å²) in [5.74, 6) is 0.349. The van der Waals surface area contributed by atoms with Gasteiger partial charge in [-0.25, -0.2) is 0 Å². The van der Waals surface area contributed by atoms with Gasteiger partial charge in [0.2, 0.25) is 0 Å². The zero-order chi connectivity index (χ0) is 23.3. The van der Waals surface area contributed by atoms with Crippen LogP contribution in [-0.2, 0) is 9.59 Å². The molecule has 0 spiro atoms. The van der Waals surface area contributed by atoms with Crippen molar-refractivity contribution in [3.05, 3.63) is 59.8 Å². The highest BCUT2D eigenvalue weighted by Gasteiger charge is 2.39. The molecule has 0 saturated heterocycles. The molecule has 0 bridgehead atoms. The molecule has 1 aliphatic rings. The van der Waals surface area contributed by atoms with E-state index in [1.807, 2.05) is 69.3 Å². The van der Waals surface area contributed by atoms with Crippen LogP contribution in [0.25, 0.3) is 5.57 Å². The highest BCUT2D eigenvalue weighted by molar-refractivity contribution is 6.36. The fraction of sp³-hybridized carbons (Fsp3) is 0.385. The van der Waals surface area contributed by atoms with Crippen molar-refractivity contribution in [3.63, 3.8) is 0 Å². The van der Waals surface area contributed by atoms with E-state index in [1.165, 1.54) is 4.90 Å². The van der Waals surface area contributed by atoms with Gasteiger partial charge in [-0.15, -0.1) is 0 Å². The molecule has 0 aromatic heterocycles. The van der Waals surface area contributed by atoms with E-state index >= 15 is 0 Å². The van der Waals surface area contributed by atoms with Gasteiger partial charge in [0.15, 0.2) is 0 Å². The topological polar surface area (TPSA) is 61.9 Å². The number of benzene rings is 2. The second-order valence-corrected chi connectivity index (χ2v) is 8.17. The van der Waals surface area contributed by atoms with Crippen LogP contribution >= 0.6 is 0 Å². The van der Waals surface area contributed by atoms with Crippen LogP contribution in [0.4, 0.5) is 11.4 Å². The number of hydrogen-bond donors (Lipinski definition) is 1. The highest BCUT2D eigenvalue weighted by Crippen LogP contribution is 2.32. The van der Waals surface area contributed by atoms with Crippen LogP contribution in [0.3, 0.4) is 0 Å². The van der Waals surface area contributed by atoms with Crippen molar-refractivity contribution >= 4 is 28.8 Å². The molecule has 32 heavy (non-hydrogen) atoms. The molecule has 0 saturated carbocycles. The average molecular weight is 436 g/mol. The lowest BCUT2D eigenvalue weighted by atomic mass is 10.0. The van der Waals surface area contributed by atoms with E-state index in [0.29, 0.717) is 30.0 Å². The Morgan fingerprint density at radius 1 is 0.906 bits per heavy atom. The first-order valence-electron chi connectivity index (χ1n) is 11.3. The third-order valence-electron chi connectivity index (χ3n) is 5.43. The summed E-state index contributed by atoms with van der Waals surface area (Å²) in [4.78, 5) is 30.1. The minimum Gasteiger partial charge on any atom is -0.494 e. The van der Waals surface area contributed by atoms with Gasteiger partial charge in [0.05, 0.1) is 12.2 Å². The summed E-state index contributed by atoms with van der Waals surface area (Å²) < 4.78 is 5.52. The third kappa shape index (κ3) is 4.96. The molecule has 2 amide bonds. The molecular formula is C26H33N3O3. The minimum absolute atomic E-state index is 0.178. The van der Waals surface area contributed by atoms with Crippen molar-refractivity contribution in [1.29, 1.82) is 0 Å². The summed E-state index contributed by atoms with van der Waals surface area (Å²) in [6.07, 6.45) is 0. The summed E-state index contributed by atoms with van der Waals surface area (Å²) >= 11 is 0. The van der Waals surface area contributed by atoms with E-state index in [4.69, 9.17) is 4.74 Å². The number of rotatable bonds is 10. The van der Waals surface area contributed by atoms with E-state index in [9.17, 15) is 9.59 Å². The Morgan fingerprint density at radius 3 is 2.06 bits per heavy atom. The average Bonchev–Trinajstić information content (AvgIpc) is 3.00. The third-order valence-corrected chi connectivity index (χ3v) is 5.43. The SMILES string of the molecule is CCOc1ccc(C2=C(Nc3ccc(N(CC)CC)cc3)C(=O)N(CC(C)C)C2=O)cc1. The maximum atomic E-state index is 13.3. The number of anilines is 2. The molecule has 0 unspecified atom stereocenters. The molecule has 0 radical (unpaired) electrons. The van der Waals surface area contributed by atoms with Gasteiger partial charge in [0.25, 0.3) is 11.8 Å². The molecule has 0 aliphatic carbocycles. The Labute approximate surface area is 190 Å². The fourth-order valence-electron chi connectivity index (χ4n) is 3.86. The van der Waals surface area contributed by atoms with E-state index in [-0.39, 0.29) is 17.7 Å². The normalized spacial score (nSPS) is 13.9. The number of ether oxygens (including phenoxy) is 1. The predicted octanol–water partition coefficient (Wildman–Crippen LogP) is 4.78. The van der Waals surface area contributed by atoms with Crippen molar-refractivity contribution in [2.75, 3.05) is 36.5 Å². The zero-order valence-electron chi connectivity index (χ0n) is 19.6. The van der Waals surface area contributed by atoms with E-state index in [2.05, 4.69) is 24.1 Å². The molecule has 1 aliphatic heterocycles. The summed E-state index contributed by atoms with van der Waals surface area (Å²) in [6, 6.07) is 15.2. The van der Waals surface area contributed by atoms with Crippen LogP contribution in [0, 0.1) is 5.92 Å². The van der Waals surface area contributed by atoms with Crippen molar-refractivity contribution in [2.45, 2.75) is 34.6 Å². The Morgan fingerprint density at radius 2 is 1.53 bits per heavy atom. The number of carbonyl (C=O) groups excluding carboxylic acids is 2. The van der Waals surface area contributed by atoms with Crippen LogP contribution in [0.1, 0.15) is 40.2 Å². The number of imide groups is 1. The molecular weight excluding hydrogens is 402 g/mol. The minimum atomic E-state index is -0.291. The first kappa shape index (κ1) is 23.4. The van der Waals surface area contributed by atoms with E-state index < -0.39 is 0 Å². The summed E-state index contributed by atoms with van der Waals surface area (Å²) in [6.45, 7) is 12.9. The molecule has 1 heterocycles. The highest BCUT2D eigenvalue weighted by atomic mass is 16.5. The van der Waals surface area contributed by atoms with Gasteiger partial charge in [-0.05, 0) is 68.7 Å². The number of carbonyl (C=O) groups is 2.